The largest absolute Gasteiger partial charge is 0.357 e. The number of anilines is 1. The van der Waals surface area contributed by atoms with Crippen LogP contribution in [0.2, 0.25) is 0 Å². The van der Waals surface area contributed by atoms with Gasteiger partial charge in [0.15, 0.2) is 0 Å². The molecule has 20 heavy (non-hydrogen) atoms. The number of rotatable bonds is 6. The summed E-state index contributed by atoms with van der Waals surface area (Å²) in [4.78, 5) is 8.38. The lowest BCUT2D eigenvalue weighted by atomic mass is 10.1. The first-order chi connectivity index (χ1) is 9.63. The van der Waals surface area contributed by atoms with Crippen molar-refractivity contribution in [2.75, 3.05) is 11.9 Å². The van der Waals surface area contributed by atoms with Crippen LogP contribution in [0.1, 0.15) is 30.0 Å². The lowest BCUT2D eigenvalue weighted by Gasteiger charge is -2.26. The molecule has 0 bridgehead atoms. The van der Waals surface area contributed by atoms with Crippen LogP contribution < -0.4 is 4.90 Å². The minimum atomic E-state index is 0.413. The van der Waals surface area contributed by atoms with Crippen molar-refractivity contribution in [3.63, 3.8) is 0 Å². The predicted molar refractivity (Wildman–Crippen MR) is 89.1 cm³/mol. The molecule has 0 fully saturated rings. The molecule has 108 valence electrons. The Labute approximate surface area is 130 Å². The maximum atomic E-state index is 5.98. The molecule has 0 spiro atoms. The number of hydrogen-bond donors (Lipinski definition) is 0. The first-order valence-electron chi connectivity index (χ1n) is 6.95. The molecule has 2 aromatic heterocycles. The van der Waals surface area contributed by atoms with Crippen molar-refractivity contribution in [3.8, 4) is 0 Å². The Morgan fingerprint density at radius 2 is 2.20 bits per heavy atom. The van der Waals surface area contributed by atoms with E-state index in [1.54, 1.807) is 0 Å². The van der Waals surface area contributed by atoms with Crippen molar-refractivity contribution in [1.29, 1.82) is 0 Å². The molecule has 0 aliphatic carbocycles. The third kappa shape index (κ3) is 3.74. The Balaban J connectivity index is 2.16. The molecule has 2 rings (SSSR count). The minimum absolute atomic E-state index is 0.413. The van der Waals surface area contributed by atoms with E-state index in [2.05, 4.69) is 55.4 Å². The first kappa shape index (κ1) is 15.3. The zero-order chi connectivity index (χ0) is 14.5. The van der Waals surface area contributed by atoms with E-state index in [0.717, 1.165) is 29.9 Å². The summed E-state index contributed by atoms with van der Waals surface area (Å²) in [6.45, 7) is 4.36. The summed E-state index contributed by atoms with van der Waals surface area (Å²) in [7, 11) is 2.11. The molecule has 2 heterocycles. The van der Waals surface area contributed by atoms with Crippen molar-refractivity contribution in [1.82, 2.24) is 4.98 Å². The van der Waals surface area contributed by atoms with E-state index < -0.39 is 0 Å². The van der Waals surface area contributed by atoms with Crippen LogP contribution >= 0.6 is 22.9 Å². The van der Waals surface area contributed by atoms with Crippen LogP contribution in [0, 0.1) is 0 Å². The van der Waals surface area contributed by atoms with Gasteiger partial charge in [-0.3, -0.25) is 0 Å². The van der Waals surface area contributed by atoms with Gasteiger partial charge >= 0.3 is 0 Å². The van der Waals surface area contributed by atoms with Gasteiger partial charge in [-0.05, 0) is 42.5 Å². The summed E-state index contributed by atoms with van der Waals surface area (Å²) in [5, 5.41) is 2.13. The normalized spacial score (nSPS) is 12.4. The van der Waals surface area contributed by atoms with Crippen molar-refractivity contribution in [2.24, 2.45) is 0 Å². The van der Waals surface area contributed by atoms with Crippen LogP contribution in [0.15, 0.2) is 29.6 Å². The Morgan fingerprint density at radius 1 is 1.40 bits per heavy atom. The Hall–Kier alpha value is -1.06. The van der Waals surface area contributed by atoms with E-state index in [-0.39, 0.29) is 0 Å². The summed E-state index contributed by atoms with van der Waals surface area (Å²) < 4.78 is 0. The van der Waals surface area contributed by atoms with E-state index in [0.29, 0.717) is 11.9 Å². The highest BCUT2D eigenvalue weighted by Gasteiger charge is 2.14. The average molecular weight is 309 g/mol. The number of pyridine rings is 1. The van der Waals surface area contributed by atoms with E-state index in [4.69, 9.17) is 16.6 Å². The zero-order valence-corrected chi connectivity index (χ0v) is 13.8. The van der Waals surface area contributed by atoms with Crippen molar-refractivity contribution in [2.45, 2.75) is 38.6 Å². The second-order valence-electron chi connectivity index (χ2n) is 5.06. The predicted octanol–water partition coefficient (Wildman–Crippen LogP) is 4.51. The van der Waals surface area contributed by atoms with E-state index >= 15 is 0 Å². The van der Waals surface area contributed by atoms with Crippen LogP contribution in [0.3, 0.4) is 0 Å². The Morgan fingerprint density at radius 3 is 2.80 bits per heavy atom. The quantitative estimate of drug-likeness (QED) is 0.730. The lowest BCUT2D eigenvalue weighted by molar-refractivity contribution is 0.678. The second-order valence-corrected chi connectivity index (χ2v) is 6.36. The zero-order valence-electron chi connectivity index (χ0n) is 12.3. The molecule has 2 nitrogen and oxygen atoms in total. The molecule has 0 N–H and O–H groups in total. The van der Waals surface area contributed by atoms with Crippen molar-refractivity contribution >= 4 is 28.8 Å². The fraction of sp³-hybridized carbons (Fsp3) is 0.438. The number of likely N-dealkylation sites (N-methyl/N-ethyl adjacent to an activating group) is 1. The van der Waals surface area contributed by atoms with E-state index in [1.165, 1.54) is 4.88 Å². The smallest absolute Gasteiger partial charge is 0.129 e. The van der Waals surface area contributed by atoms with Gasteiger partial charge in [-0.1, -0.05) is 13.0 Å². The van der Waals surface area contributed by atoms with Crippen LogP contribution in [0.4, 0.5) is 5.82 Å². The number of aryl methyl sites for hydroxylation is 1. The van der Waals surface area contributed by atoms with Gasteiger partial charge in [0.1, 0.15) is 5.82 Å². The van der Waals surface area contributed by atoms with Gasteiger partial charge in [0.05, 0.1) is 0 Å². The van der Waals surface area contributed by atoms with Crippen LogP contribution in [0.5, 0.6) is 0 Å². The van der Waals surface area contributed by atoms with Gasteiger partial charge < -0.3 is 4.90 Å². The molecule has 1 unspecified atom stereocenters. The third-order valence-electron chi connectivity index (χ3n) is 3.54. The fourth-order valence-corrected chi connectivity index (χ4v) is 3.14. The van der Waals surface area contributed by atoms with Crippen molar-refractivity contribution < 1.29 is 0 Å². The standard InChI is InChI=1S/C16H21ClN2S/c1-4-14-9-13(11-17)10-16(18-14)19(3)12(2)8-15-6-5-7-20-15/h5-7,9-10,12H,4,8,11H2,1-3H3. The summed E-state index contributed by atoms with van der Waals surface area (Å²) in [5.41, 5.74) is 2.25. The first-order valence-corrected chi connectivity index (χ1v) is 8.36. The highest BCUT2D eigenvalue weighted by molar-refractivity contribution is 7.09. The minimum Gasteiger partial charge on any atom is -0.357 e. The average Bonchev–Trinajstić information content (AvgIpc) is 2.98. The second kappa shape index (κ2) is 7.09. The molecule has 0 aliphatic heterocycles. The number of thiophene rings is 1. The van der Waals surface area contributed by atoms with Crippen molar-refractivity contribution in [3.05, 3.63) is 45.8 Å². The number of hydrogen-bond acceptors (Lipinski definition) is 3. The molecule has 0 amide bonds. The molecule has 2 aromatic rings. The number of aromatic nitrogens is 1. The monoisotopic (exact) mass is 308 g/mol. The van der Waals surface area contributed by atoms with Gasteiger partial charge in [0.25, 0.3) is 0 Å². The van der Waals surface area contributed by atoms with Gasteiger partial charge in [-0.25, -0.2) is 4.98 Å². The van der Waals surface area contributed by atoms with Gasteiger partial charge in [0.2, 0.25) is 0 Å². The topological polar surface area (TPSA) is 16.1 Å². The molecule has 0 aliphatic rings. The number of alkyl halides is 1. The SMILES string of the molecule is CCc1cc(CCl)cc(N(C)C(C)Cc2cccs2)n1. The van der Waals surface area contributed by atoms with Gasteiger partial charge in [-0.15, -0.1) is 22.9 Å². The van der Waals surface area contributed by atoms with Gasteiger partial charge in [0, 0.05) is 36.0 Å². The highest BCUT2D eigenvalue weighted by atomic mass is 35.5. The maximum absolute atomic E-state index is 5.98. The molecule has 0 radical (unpaired) electrons. The molecular weight excluding hydrogens is 288 g/mol. The lowest BCUT2D eigenvalue weighted by Crippen LogP contribution is -2.31. The van der Waals surface area contributed by atoms with Crippen LogP contribution in [-0.2, 0) is 18.7 Å². The molecule has 1 atom stereocenters. The number of halogens is 1. The molecule has 0 saturated heterocycles. The molecule has 0 saturated carbocycles. The molecule has 4 heteroatoms. The van der Waals surface area contributed by atoms with Gasteiger partial charge in [-0.2, -0.15) is 0 Å². The number of nitrogens with zero attached hydrogens (tertiary/aromatic N) is 2. The summed E-state index contributed by atoms with van der Waals surface area (Å²) >= 11 is 7.79. The Bertz CT molecular complexity index is 517. The molecular formula is C16H21ClN2S. The summed E-state index contributed by atoms with van der Waals surface area (Å²) in [5.74, 6) is 1.56. The third-order valence-corrected chi connectivity index (χ3v) is 4.75. The van der Waals surface area contributed by atoms with Crippen LogP contribution in [-0.4, -0.2) is 18.1 Å². The van der Waals surface area contributed by atoms with Crippen LogP contribution in [0.25, 0.3) is 0 Å². The Kier molecular flexibility index (Phi) is 5.44. The maximum Gasteiger partial charge on any atom is 0.129 e. The summed E-state index contributed by atoms with van der Waals surface area (Å²) in [6.07, 6.45) is 1.98. The van der Waals surface area contributed by atoms with E-state index in [9.17, 15) is 0 Å². The molecule has 0 aromatic carbocycles. The fourth-order valence-electron chi connectivity index (χ4n) is 2.15. The summed E-state index contributed by atoms with van der Waals surface area (Å²) in [6, 6.07) is 8.89. The van der Waals surface area contributed by atoms with E-state index in [1.807, 2.05) is 11.3 Å². The highest BCUT2D eigenvalue weighted by Crippen LogP contribution is 2.20.